The number of halogens is 1. The lowest BCUT2D eigenvalue weighted by molar-refractivity contribution is 0.0948. The van der Waals surface area contributed by atoms with Crippen molar-refractivity contribution < 1.29 is 9.90 Å². The molecule has 1 aromatic carbocycles. The maximum atomic E-state index is 12.0. The van der Waals surface area contributed by atoms with Crippen LogP contribution in [-0.2, 0) is 6.54 Å². The molecule has 1 aromatic heterocycles. The van der Waals surface area contributed by atoms with Crippen LogP contribution in [-0.4, -0.2) is 11.0 Å². The van der Waals surface area contributed by atoms with Crippen LogP contribution in [0.15, 0.2) is 24.3 Å². The molecule has 100 valence electrons. The van der Waals surface area contributed by atoms with Crippen LogP contribution in [0.3, 0.4) is 0 Å². The van der Waals surface area contributed by atoms with Crippen LogP contribution in [0.5, 0.6) is 5.75 Å². The SMILES string of the molecule is Cc1cc(CNC(=O)c2cc(I)ccc2O)sc1C. The van der Waals surface area contributed by atoms with E-state index >= 15 is 0 Å². The molecule has 0 radical (unpaired) electrons. The van der Waals surface area contributed by atoms with E-state index in [1.807, 2.05) is 0 Å². The van der Waals surface area contributed by atoms with Crippen LogP contribution in [0.2, 0.25) is 0 Å². The minimum atomic E-state index is -0.250. The van der Waals surface area contributed by atoms with Crippen molar-refractivity contribution in [3.8, 4) is 5.75 Å². The number of carbonyl (C=O) groups is 1. The van der Waals surface area contributed by atoms with E-state index in [1.54, 1.807) is 23.5 Å². The summed E-state index contributed by atoms with van der Waals surface area (Å²) in [5.74, 6) is -0.240. The highest BCUT2D eigenvalue weighted by Gasteiger charge is 2.12. The van der Waals surface area contributed by atoms with Crippen LogP contribution in [0, 0.1) is 17.4 Å². The highest BCUT2D eigenvalue weighted by molar-refractivity contribution is 14.1. The molecule has 2 aromatic rings. The number of phenolic OH excluding ortho intramolecular Hbond substituents is 1. The summed E-state index contributed by atoms with van der Waals surface area (Å²) < 4.78 is 0.920. The van der Waals surface area contributed by atoms with Crippen molar-refractivity contribution >= 4 is 39.8 Å². The summed E-state index contributed by atoms with van der Waals surface area (Å²) >= 11 is 3.79. The number of aryl methyl sites for hydroxylation is 2. The molecule has 0 saturated carbocycles. The smallest absolute Gasteiger partial charge is 0.255 e. The number of nitrogens with one attached hydrogen (secondary N) is 1. The van der Waals surface area contributed by atoms with E-state index in [-0.39, 0.29) is 11.7 Å². The molecule has 0 unspecified atom stereocenters. The van der Waals surface area contributed by atoms with Gasteiger partial charge in [-0.1, -0.05) is 0 Å². The molecule has 0 aliphatic heterocycles. The predicted octanol–water partition coefficient (Wildman–Crippen LogP) is 3.61. The molecule has 0 bridgehead atoms. The Bertz CT molecular complexity index is 602. The fourth-order valence-corrected chi connectivity index (χ4v) is 3.17. The Morgan fingerprint density at radius 2 is 2.11 bits per heavy atom. The first-order valence-corrected chi connectivity index (χ1v) is 7.69. The minimum Gasteiger partial charge on any atom is -0.507 e. The second-order valence-corrected chi connectivity index (χ2v) is 6.88. The van der Waals surface area contributed by atoms with Crippen molar-refractivity contribution in [3.05, 3.63) is 48.7 Å². The molecule has 0 aliphatic carbocycles. The van der Waals surface area contributed by atoms with Crippen LogP contribution in [0.1, 0.15) is 25.7 Å². The third-order valence-corrected chi connectivity index (χ3v) is 4.67. The van der Waals surface area contributed by atoms with Gasteiger partial charge in [-0.2, -0.15) is 0 Å². The van der Waals surface area contributed by atoms with E-state index in [0.29, 0.717) is 12.1 Å². The third-order valence-electron chi connectivity index (χ3n) is 2.84. The Hall–Kier alpha value is -1.08. The van der Waals surface area contributed by atoms with Gasteiger partial charge in [-0.25, -0.2) is 0 Å². The Labute approximate surface area is 129 Å². The third kappa shape index (κ3) is 3.48. The first-order chi connectivity index (χ1) is 8.97. The molecule has 1 amide bonds. The summed E-state index contributed by atoms with van der Waals surface area (Å²) in [5.41, 5.74) is 1.56. The fourth-order valence-electron chi connectivity index (χ4n) is 1.69. The number of benzene rings is 1. The largest absolute Gasteiger partial charge is 0.507 e. The summed E-state index contributed by atoms with van der Waals surface area (Å²) in [6, 6.07) is 7.06. The van der Waals surface area contributed by atoms with Gasteiger partial charge in [-0.05, 0) is 66.3 Å². The van der Waals surface area contributed by atoms with Crippen LogP contribution in [0.4, 0.5) is 0 Å². The van der Waals surface area contributed by atoms with Crippen LogP contribution < -0.4 is 5.32 Å². The van der Waals surface area contributed by atoms with E-state index < -0.39 is 0 Å². The molecule has 0 atom stereocenters. The predicted molar refractivity (Wildman–Crippen MR) is 85.8 cm³/mol. The number of hydrogen-bond acceptors (Lipinski definition) is 3. The Morgan fingerprint density at radius 3 is 2.74 bits per heavy atom. The molecule has 5 heteroatoms. The summed E-state index contributed by atoms with van der Waals surface area (Å²) in [7, 11) is 0. The van der Waals surface area contributed by atoms with Gasteiger partial charge in [0, 0.05) is 13.3 Å². The lowest BCUT2D eigenvalue weighted by atomic mass is 10.2. The molecule has 0 fully saturated rings. The second kappa shape index (κ2) is 5.92. The van der Waals surface area contributed by atoms with Crippen molar-refractivity contribution in [2.45, 2.75) is 20.4 Å². The summed E-state index contributed by atoms with van der Waals surface area (Å²) in [6.07, 6.45) is 0. The quantitative estimate of drug-likeness (QED) is 0.791. The number of carbonyl (C=O) groups excluding carboxylic acids is 1. The molecular weight excluding hydrogens is 373 g/mol. The highest BCUT2D eigenvalue weighted by Crippen LogP contribution is 2.22. The van der Waals surface area contributed by atoms with Gasteiger partial charge >= 0.3 is 0 Å². The second-order valence-electron chi connectivity index (χ2n) is 4.30. The molecule has 1 heterocycles. The van der Waals surface area contributed by atoms with Crippen molar-refractivity contribution in [3.63, 3.8) is 0 Å². The molecule has 0 aliphatic rings. The van der Waals surface area contributed by atoms with Gasteiger partial charge in [0.1, 0.15) is 5.75 Å². The van der Waals surface area contributed by atoms with Gasteiger partial charge in [-0.15, -0.1) is 11.3 Å². The monoisotopic (exact) mass is 387 g/mol. The summed E-state index contributed by atoms with van der Waals surface area (Å²) in [4.78, 5) is 14.4. The molecular formula is C14H14INO2S. The van der Waals surface area contributed by atoms with E-state index in [9.17, 15) is 9.90 Å². The first kappa shape index (κ1) is 14.3. The normalized spacial score (nSPS) is 10.5. The topological polar surface area (TPSA) is 49.3 Å². The maximum absolute atomic E-state index is 12.0. The molecule has 0 spiro atoms. The molecule has 0 saturated heterocycles. The highest BCUT2D eigenvalue weighted by atomic mass is 127. The Kier molecular flexibility index (Phi) is 4.46. The number of aromatic hydroxyl groups is 1. The zero-order valence-corrected chi connectivity index (χ0v) is 13.6. The number of phenols is 1. The average molecular weight is 387 g/mol. The average Bonchev–Trinajstić information content (AvgIpc) is 2.69. The molecule has 2 rings (SSSR count). The minimum absolute atomic E-state index is 0.0106. The first-order valence-electron chi connectivity index (χ1n) is 5.80. The Balaban J connectivity index is 2.07. The standard InChI is InChI=1S/C14H14INO2S/c1-8-5-11(19-9(8)2)7-16-14(18)12-6-10(15)3-4-13(12)17/h3-6,17H,7H2,1-2H3,(H,16,18). The number of hydrogen-bond donors (Lipinski definition) is 2. The molecule has 2 N–H and O–H groups in total. The zero-order chi connectivity index (χ0) is 14.0. The van der Waals surface area contributed by atoms with Gasteiger partial charge in [-0.3, -0.25) is 4.79 Å². The van der Waals surface area contributed by atoms with E-state index in [4.69, 9.17) is 0 Å². The zero-order valence-electron chi connectivity index (χ0n) is 10.7. The fraction of sp³-hybridized carbons (Fsp3) is 0.214. The van der Waals surface area contributed by atoms with Crippen molar-refractivity contribution in [1.29, 1.82) is 0 Å². The molecule has 3 nitrogen and oxygen atoms in total. The number of amides is 1. The van der Waals surface area contributed by atoms with Crippen molar-refractivity contribution in [1.82, 2.24) is 5.32 Å². The molecule has 19 heavy (non-hydrogen) atoms. The summed E-state index contributed by atoms with van der Waals surface area (Å²) in [5, 5.41) is 12.5. The van der Waals surface area contributed by atoms with Gasteiger partial charge < -0.3 is 10.4 Å². The van der Waals surface area contributed by atoms with Gasteiger partial charge in [0.15, 0.2) is 0 Å². The van der Waals surface area contributed by atoms with Gasteiger partial charge in [0.05, 0.1) is 12.1 Å². The van der Waals surface area contributed by atoms with Gasteiger partial charge in [0.2, 0.25) is 0 Å². The van der Waals surface area contributed by atoms with E-state index in [1.165, 1.54) is 16.5 Å². The lowest BCUT2D eigenvalue weighted by Crippen LogP contribution is -2.22. The van der Waals surface area contributed by atoms with Gasteiger partial charge in [0.25, 0.3) is 5.91 Å². The maximum Gasteiger partial charge on any atom is 0.255 e. The number of rotatable bonds is 3. The lowest BCUT2D eigenvalue weighted by Gasteiger charge is -2.06. The van der Waals surface area contributed by atoms with Crippen molar-refractivity contribution in [2.24, 2.45) is 0 Å². The summed E-state index contributed by atoms with van der Waals surface area (Å²) in [6.45, 7) is 4.61. The number of thiophene rings is 1. The van der Waals surface area contributed by atoms with Crippen LogP contribution in [0.25, 0.3) is 0 Å². The van der Waals surface area contributed by atoms with Crippen LogP contribution >= 0.6 is 33.9 Å². The Morgan fingerprint density at radius 1 is 1.37 bits per heavy atom. The van der Waals surface area contributed by atoms with E-state index in [0.717, 1.165) is 8.45 Å². The van der Waals surface area contributed by atoms with E-state index in [2.05, 4.69) is 47.8 Å². The van der Waals surface area contributed by atoms with Crippen molar-refractivity contribution in [2.75, 3.05) is 0 Å².